The summed E-state index contributed by atoms with van der Waals surface area (Å²) < 4.78 is 0. The van der Waals surface area contributed by atoms with Crippen molar-refractivity contribution in [1.82, 2.24) is 0 Å². The van der Waals surface area contributed by atoms with Crippen LogP contribution in [0.5, 0.6) is 0 Å². The molecular formula is C7H16ClNO2. The monoisotopic (exact) mass is 181 g/mol. The lowest BCUT2D eigenvalue weighted by molar-refractivity contribution is -0.412. The van der Waals surface area contributed by atoms with Gasteiger partial charge < -0.3 is 23.2 Å². The van der Waals surface area contributed by atoms with E-state index < -0.39 is 12.0 Å². The average molecular weight is 182 g/mol. The van der Waals surface area contributed by atoms with E-state index in [9.17, 15) is 4.79 Å². The summed E-state index contributed by atoms with van der Waals surface area (Å²) in [4.78, 5) is 10.3. The molecule has 0 aromatic rings. The third-order valence-corrected chi connectivity index (χ3v) is 1.21. The zero-order chi connectivity index (χ0) is 8.36. The van der Waals surface area contributed by atoms with Gasteiger partial charge in [0.15, 0.2) is 6.04 Å². The molecule has 0 radical (unpaired) electrons. The number of quaternary nitrogens is 1. The Balaban J connectivity index is 0. The second kappa shape index (κ2) is 4.57. The Morgan fingerprint density at radius 1 is 1.55 bits per heavy atom. The number of carboxylic acid groups (broad SMARTS) is 1. The molecule has 0 unspecified atom stereocenters. The molecule has 68 valence electrons. The van der Waals surface area contributed by atoms with Gasteiger partial charge in [0, 0.05) is 6.42 Å². The van der Waals surface area contributed by atoms with Gasteiger partial charge in [-0.3, -0.25) is 0 Å². The van der Waals surface area contributed by atoms with Gasteiger partial charge in [0.05, 0.1) is 0 Å². The van der Waals surface area contributed by atoms with Crippen molar-refractivity contribution in [3.05, 3.63) is 0 Å². The molecule has 4 N–H and O–H groups in total. The summed E-state index contributed by atoms with van der Waals surface area (Å²) in [5, 5.41) is 8.48. The van der Waals surface area contributed by atoms with E-state index in [1.165, 1.54) is 0 Å². The summed E-state index contributed by atoms with van der Waals surface area (Å²) in [6.07, 6.45) is 0.627. The first-order chi connectivity index (χ1) is 4.33. The number of carbonyl (C=O) groups is 1. The first kappa shape index (κ1) is 13.3. The van der Waals surface area contributed by atoms with Crippen LogP contribution in [0.25, 0.3) is 0 Å². The number of hydrogen-bond acceptors (Lipinski definition) is 1. The molecule has 0 aromatic carbocycles. The molecule has 4 heteroatoms. The lowest BCUT2D eigenvalue weighted by atomic mass is 9.88. The molecule has 0 heterocycles. The normalized spacial score (nSPS) is 13.5. The van der Waals surface area contributed by atoms with Crippen LogP contribution in [-0.4, -0.2) is 17.1 Å². The quantitative estimate of drug-likeness (QED) is 0.481. The number of aliphatic carboxylic acids is 1. The van der Waals surface area contributed by atoms with E-state index in [2.05, 4.69) is 5.73 Å². The minimum Gasteiger partial charge on any atom is -1.00 e. The van der Waals surface area contributed by atoms with E-state index >= 15 is 0 Å². The topological polar surface area (TPSA) is 64.9 Å². The van der Waals surface area contributed by atoms with Crippen LogP contribution in [0, 0.1) is 5.41 Å². The standard InChI is InChI=1S/C7H15NO2.ClH/c1-7(2,3)4-5(8)6(9)10;/h5H,4,8H2,1-3H3,(H,9,10);1H/t5-;/m1./s1. The van der Waals surface area contributed by atoms with Gasteiger partial charge in [-0.2, -0.15) is 0 Å². The predicted octanol–water partition coefficient (Wildman–Crippen LogP) is -2.88. The largest absolute Gasteiger partial charge is 1.00 e. The molecule has 0 amide bonds. The fourth-order valence-electron chi connectivity index (χ4n) is 0.827. The summed E-state index contributed by atoms with van der Waals surface area (Å²) >= 11 is 0. The van der Waals surface area contributed by atoms with Crippen molar-refractivity contribution >= 4 is 5.97 Å². The van der Waals surface area contributed by atoms with Crippen LogP contribution in [-0.2, 0) is 4.79 Å². The number of rotatable bonds is 2. The van der Waals surface area contributed by atoms with E-state index in [0.29, 0.717) is 6.42 Å². The molecule has 1 atom stereocenters. The molecule has 0 aliphatic carbocycles. The van der Waals surface area contributed by atoms with Crippen LogP contribution in [0.15, 0.2) is 0 Å². The Morgan fingerprint density at radius 2 is 1.91 bits per heavy atom. The minimum atomic E-state index is -0.810. The third kappa shape index (κ3) is 7.62. The Bertz CT molecular complexity index is 131. The van der Waals surface area contributed by atoms with Crippen molar-refractivity contribution in [2.75, 3.05) is 0 Å². The van der Waals surface area contributed by atoms with Crippen molar-refractivity contribution in [2.45, 2.75) is 33.2 Å². The van der Waals surface area contributed by atoms with Gasteiger partial charge in [-0.15, -0.1) is 0 Å². The molecule has 0 aliphatic rings. The summed E-state index contributed by atoms with van der Waals surface area (Å²) in [6.45, 7) is 6.02. The van der Waals surface area contributed by atoms with E-state index in [0.717, 1.165) is 0 Å². The molecule has 0 saturated carbocycles. The van der Waals surface area contributed by atoms with Crippen LogP contribution in [0.1, 0.15) is 27.2 Å². The molecule has 11 heavy (non-hydrogen) atoms. The van der Waals surface area contributed by atoms with Gasteiger partial charge in [-0.05, 0) is 5.41 Å². The summed E-state index contributed by atoms with van der Waals surface area (Å²) in [6, 6.07) is -0.472. The van der Waals surface area contributed by atoms with Crippen LogP contribution < -0.4 is 18.1 Å². The zero-order valence-electron chi connectivity index (χ0n) is 7.22. The lowest BCUT2D eigenvalue weighted by Crippen LogP contribution is -3.00. The average Bonchev–Trinajstić information content (AvgIpc) is 1.60. The Kier molecular flexibility index (Phi) is 5.53. The van der Waals surface area contributed by atoms with Gasteiger partial charge in [-0.25, -0.2) is 4.79 Å². The van der Waals surface area contributed by atoms with Crippen molar-refractivity contribution < 1.29 is 28.0 Å². The smallest absolute Gasteiger partial charge is 0.362 e. The number of carboxylic acids is 1. The van der Waals surface area contributed by atoms with Crippen LogP contribution in [0.2, 0.25) is 0 Å². The molecule has 3 nitrogen and oxygen atoms in total. The minimum absolute atomic E-state index is 0. The summed E-state index contributed by atoms with van der Waals surface area (Å²) in [5.74, 6) is -0.810. The maximum atomic E-state index is 10.3. The number of hydrogen-bond donors (Lipinski definition) is 2. The van der Waals surface area contributed by atoms with Crippen molar-refractivity contribution in [1.29, 1.82) is 0 Å². The summed E-state index contributed by atoms with van der Waals surface area (Å²) in [5.41, 5.74) is 3.58. The highest BCUT2D eigenvalue weighted by Gasteiger charge is 2.23. The van der Waals surface area contributed by atoms with Gasteiger partial charge >= 0.3 is 5.97 Å². The molecular weight excluding hydrogens is 166 g/mol. The first-order valence-electron chi connectivity index (χ1n) is 3.39. The Hall–Kier alpha value is -0.280. The Labute approximate surface area is 73.4 Å². The molecule has 0 saturated heterocycles. The predicted molar refractivity (Wildman–Crippen MR) is 38.4 cm³/mol. The van der Waals surface area contributed by atoms with Crippen molar-refractivity contribution in [2.24, 2.45) is 5.41 Å². The second-order valence-corrected chi connectivity index (χ2v) is 3.80. The second-order valence-electron chi connectivity index (χ2n) is 3.80. The molecule has 0 fully saturated rings. The highest BCUT2D eigenvalue weighted by Crippen LogP contribution is 2.18. The fraction of sp³-hybridized carbons (Fsp3) is 0.857. The van der Waals surface area contributed by atoms with Gasteiger partial charge in [0.2, 0.25) is 0 Å². The highest BCUT2D eigenvalue weighted by atomic mass is 35.5. The SMILES string of the molecule is CC(C)(C)C[C@@H]([NH3+])C(=O)O.[Cl-]. The third-order valence-electron chi connectivity index (χ3n) is 1.21. The zero-order valence-corrected chi connectivity index (χ0v) is 7.98. The molecule has 0 aromatic heterocycles. The fourth-order valence-corrected chi connectivity index (χ4v) is 0.827. The molecule has 0 spiro atoms. The first-order valence-corrected chi connectivity index (χ1v) is 3.39. The van der Waals surface area contributed by atoms with Crippen LogP contribution in [0.3, 0.4) is 0 Å². The lowest BCUT2D eigenvalue weighted by Gasteiger charge is -2.18. The number of halogens is 1. The van der Waals surface area contributed by atoms with Gasteiger partial charge in [0.1, 0.15) is 0 Å². The van der Waals surface area contributed by atoms with E-state index in [4.69, 9.17) is 5.11 Å². The van der Waals surface area contributed by atoms with Crippen LogP contribution in [0.4, 0.5) is 0 Å². The Morgan fingerprint density at radius 3 is 2.00 bits per heavy atom. The van der Waals surface area contributed by atoms with E-state index in [1.807, 2.05) is 20.8 Å². The van der Waals surface area contributed by atoms with Crippen molar-refractivity contribution in [3.8, 4) is 0 Å². The molecule has 0 aliphatic heterocycles. The molecule has 0 bridgehead atoms. The highest BCUT2D eigenvalue weighted by molar-refractivity contribution is 5.71. The maximum Gasteiger partial charge on any atom is 0.362 e. The van der Waals surface area contributed by atoms with E-state index in [-0.39, 0.29) is 17.8 Å². The maximum absolute atomic E-state index is 10.3. The summed E-state index contributed by atoms with van der Waals surface area (Å²) in [7, 11) is 0. The molecule has 0 rings (SSSR count). The van der Waals surface area contributed by atoms with Crippen LogP contribution >= 0.6 is 0 Å². The van der Waals surface area contributed by atoms with Gasteiger partial charge in [0.25, 0.3) is 0 Å². The van der Waals surface area contributed by atoms with Gasteiger partial charge in [-0.1, -0.05) is 20.8 Å². The van der Waals surface area contributed by atoms with E-state index in [1.54, 1.807) is 0 Å². The van der Waals surface area contributed by atoms with Crippen molar-refractivity contribution in [3.63, 3.8) is 0 Å².